The Balaban J connectivity index is 1.72. The molecule has 0 saturated carbocycles. The fourth-order valence-corrected chi connectivity index (χ4v) is 2.38. The molecule has 7 heteroatoms. The van der Waals surface area contributed by atoms with Crippen LogP contribution in [0.3, 0.4) is 0 Å². The monoisotopic (exact) mass is 293 g/mol. The lowest BCUT2D eigenvalue weighted by atomic mass is 10.1. The highest BCUT2D eigenvalue weighted by Crippen LogP contribution is 2.18. The molecule has 0 amide bonds. The first-order chi connectivity index (χ1) is 9.81. The van der Waals surface area contributed by atoms with Crippen LogP contribution in [-0.2, 0) is 6.54 Å². The number of aromatic nitrogens is 3. The van der Waals surface area contributed by atoms with Crippen molar-refractivity contribution in [1.29, 1.82) is 0 Å². The van der Waals surface area contributed by atoms with Crippen molar-refractivity contribution in [2.45, 2.75) is 25.8 Å². The summed E-state index contributed by atoms with van der Waals surface area (Å²) in [6.07, 6.45) is 6.92. The van der Waals surface area contributed by atoms with E-state index in [2.05, 4.69) is 25.2 Å². The molecule has 0 bridgehead atoms. The number of hydrogen-bond donors (Lipinski definition) is 1. The minimum atomic E-state index is 0.218. The maximum atomic E-state index is 5.98. The Hall–Kier alpha value is -1.82. The summed E-state index contributed by atoms with van der Waals surface area (Å²) in [6.45, 7) is 2.54. The molecule has 0 aromatic carbocycles. The number of hydrogen-bond acceptors (Lipinski definition) is 6. The molecule has 1 N–H and O–H groups in total. The molecule has 0 unspecified atom stereocenters. The van der Waals surface area contributed by atoms with Gasteiger partial charge in [-0.15, -0.1) is 0 Å². The summed E-state index contributed by atoms with van der Waals surface area (Å²) in [5.41, 5.74) is 1.03. The van der Waals surface area contributed by atoms with Gasteiger partial charge in [-0.1, -0.05) is 0 Å². The molecule has 2 aromatic rings. The molecule has 1 fully saturated rings. The predicted octanol–water partition coefficient (Wildman–Crippen LogP) is 2.72. The second-order valence-corrected chi connectivity index (χ2v) is 5.10. The fourth-order valence-electron chi connectivity index (χ4n) is 2.23. The van der Waals surface area contributed by atoms with Gasteiger partial charge in [0.15, 0.2) is 0 Å². The molecule has 1 aliphatic rings. The summed E-state index contributed by atoms with van der Waals surface area (Å²) in [6, 6.07) is 1.89. The Kier molecular flexibility index (Phi) is 4.01. The molecule has 20 heavy (non-hydrogen) atoms. The number of anilines is 2. The second kappa shape index (κ2) is 6.09. The SMILES string of the molecule is Clc1nc(NCc2ccoc2)nc(N2CCCCC2)n1. The average Bonchev–Trinajstić information content (AvgIpc) is 2.99. The van der Waals surface area contributed by atoms with Crippen molar-refractivity contribution in [3.8, 4) is 0 Å². The van der Waals surface area contributed by atoms with Gasteiger partial charge in [-0.2, -0.15) is 15.0 Å². The van der Waals surface area contributed by atoms with Crippen molar-refractivity contribution in [3.63, 3.8) is 0 Å². The number of furan rings is 1. The Morgan fingerprint density at radius 2 is 2.05 bits per heavy atom. The molecule has 3 rings (SSSR count). The minimum Gasteiger partial charge on any atom is -0.472 e. The zero-order valence-electron chi connectivity index (χ0n) is 11.0. The summed E-state index contributed by atoms with van der Waals surface area (Å²) in [5, 5.41) is 3.35. The largest absolute Gasteiger partial charge is 0.472 e. The number of rotatable bonds is 4. The van der Waals surface area contributed by atoms with Gasteiger partial charge in [-0.3, -0.25) is 0 Å². The van der Waals surface area contributed by atoms with Gasteiger partial charge < -0.3 is 14.6 Å². The molecule has 2 aromatic heterocycles. The molecular formula is C13H16ClN5O. The second-order valence-electron chi connectivity index (χ2n) is 4.76. The molecule has 6 nitrogen and oxygen atoms in total. The summed E-state index contributed by atoms with van der Waals surface area (Å²) in [7, 11) is 0. The van der Waals surface area contributed by atoms with E-state index in [0.717, 1.165) is 18.7 Å². The Labute approximate surface area is 122 Å². The molecule has 1 aliphatic heterocycles. The van der Waals surface area contributed by atoms with E-state index in [4.69, 9.17) is 16.0 Å². The fraction of sp³-hybridized carbons (Fsp3) is 0.462. The highest BCUT2D eigenvalue weighted by Gasteiger charge is 2.15. The molecule has 0 aliphatic carbocycles. The number of nitrogens with zero attached hydrogens (tertiary/aromatic N) is 4. The molecule has 0 radical (unpaired) electrons. The van der Waals surface area contributed by atoms with Crippen molar-refractivity contribution in [2.75, 3.05) is 23.3 Å². The molecule has 1 saturated heterocycles. The van der Waals surface area contributed by atoms with Crippen LogP contribution in [0.15, 0.2) is 23.0 Å². The van der Waals surface area contributed by atoms with Gasteiger partial charge in [-0.05, 0) is 36.9 Å². The Morgan fingerprint density at radius 1 is 1.20 bits per heavy atom. The van der Waals surface area contributed by atoms with E-state index in [9.17, 15) is 0 Å². The maximum Gasteiger partial charge on any atom is 0.231 e. The van der Waals surface area contributed by atoms with Crippen molar-refractivity contribution in [2.24, 2.45) is 0 Å². The average molecular weight is 294 g/mol. The van der Waals surface area contributed by atoms with Gasteiger partial charge in [-0.25, -0.2) is 0 Å². The van der Waals surface area contributed by atoms with Crippen LogP contribution in [0, 0.1) is 0 Å². The van der Waals surface area contributed by atoms with E-state index in [-0.39, 0.29) is 5.28 Å². The van der Waals surface area contributed by atoms with Crippen LogP contribution in [0.4, 0.5) is 11.9 Å². The lowest BCUT2D eigenvalue weighted by Crippen LogP contribution is -2.31. The maximum absolute atomic E-state index is 5.98. The van der Waals surface area contributed by atoms with Gasteiger partial charge in [0, 0.05) is 25.2 Å². The van der Waals surface area contributed by atoms with E-state index in [1.165, 1.54) is 19.3 Å². The first-order valence-corrected chi connectivity index (χ1v) is 7.10. The zero-order chi connectivity index (χ0) is 13.8. The molecule has 3 heterocycles. The summed E-state index contributed by atoms with van der Waals surface area (Å²) >= 11 is 5.98. The van der Waals surface area contributed by atoms with Crippen molar-refractivity contribution >= 4 is 23.5 Å². The lowest BCUT2D eigenvalue weighted by Gasteiger charge is -2.26. The van der Waals surface area contributed by atoms with Crippen LogP contribution in [0.1, 0.15) is 24.8 Å². The van der Waals surface area contributed by atoms with Gasteiger partial charge >= 0.3 is 0 Å². The number of halogens is 1. The van der Waals surface area contributed by atoms with Crippen LogP contribution in [0.25, 0.3) is 0 Å². The third-order valence-electron chi connectivity index (χ3n) is 3.27. The van der Waals surface area contributed by atoms with Gasteiger partial charge in [0.1, 0.15) is 0 Å². The van der Waals surface area contributed by atoms with Gasteiger partial charge in [0.25, 0.3) is 0 Å². The lowest BCUT2D eigenvalue weighted by molar-refractivity contribution is 0.564. The Morgan fingerprint density at radius 3 is 2.80 bits per heavy atom. The molecule has 0 spiro atoms. The quantitative estimate of drug-likeness (QED) is 0.935. The minimum absolute atomic E-state index is 0.218. The van der Waals surface area contributed by atoms with E-state index < -0.39 is 0 Å². The van der Waals surface area contributed by atoms with Crippen LogP contribution >= 0.6 is 11.6 Å². The van der Waals surface area contributed by atoms with E-state index in [1.807, 2.05) is 6.07 Å². The summed E-state index contributed by atoms with van der Waals surface area (Å²) in [4.78, 5) is 14.9. The zero-order valence-corrected chi connectivity index (χ0v) is 11.8. The number of nitrogens with one attached hydrogen (secondary N) is 1. The van der Waals surface area contributed by atoms with Crippen LogP contribution in [-0.4, -0.2) is 28.0 Å². The first kappa shape index (κ1) is 13.2. The third kappa shape index (κ3) is 3.19. The summed E-state index contributed by atoms with van der Waals surface area (Å²) < 4.78 is 5.02. The molecule has 0 atom stereocenters. The smallest absolute Gasteiger partial charge is 0.231 e. The van der Waals surface area contributed by atoms with Crippen molar-refractivity contribution in [3.05, 3.63) is 29.4 Å². The Bertz CT molecular complexity index is 554. The highest BCUT2D eigenvalue weighted by atomic mass is 35.5. The first-order valence-electron chi connectivity index (χ1n) is 6.73. The molecular weight excluding hydrogens is 278 g/mol. The van der Waals surface area contributed by atoms with Crippen LogP contribution < -0.4 is 10.2 Å². The standard InChI is InChI=1S/C13H16ClN5O/c14-11-16-12(15-8-10-4-7-20-9-10)18-13(17-11)19-5-2-1-3-6-19/h4,7,9H,1-3,5-6,8H2,(H,15,16,17,18). The van der Waals surface area contributed by atoms with Gasteiger partial charge in [0.05, 0.1) is 12.5 Å². The number of piperidine rings is 1. The summed E-state index contributed by atoms with van der Waals surface area (Å²) in [5.74, 6) is 1.14. The van der Waals surface area contributed by atoms with Crippen LogP contribution in [0.5, 0.6) is 0 Å². The van der Waals surface area contributed by atoms with E-state index in [0.29, 0.717) is 18.4 Å². The predicted molar refractivity (Wildman–Crippen MR) is 76.9 cm³/mol. The topological polar surface area (TPSA) is 67.1 Å². The molecule has 106 valence electrons. The van der Waals surface area contributed by atoms with E-state index >= 15 is 0 Å². The van der Waals surface area contributed by atoms with E-state index in [1.54, 1.807) is 12.5 Å². The third-order valence-corrected chi connectivity index (χ3v) is 3.43. The van der Waals surface area contributed by atoms with Gasteiger partial charge in [0.2, 0.25) is 17.2 Å². The normalized spacial score (nSPS) is 15.3. The van der Waals surface area contributed by atoms with Crippen molar-refractivity contribution < 1.29 is 4.42 Å². The van der Waals surface area contributed by atoms with Crippen LogP contribution in [0.2, 0.25) is 5.28 Å². The highest BCUT2D eigenvalue weighted by molar-refractivity contribution is 6.28. The van der Waals surface area contributed by atoms with Crippen molar-refractivity contribution in [1.82, 2.24) is 15.0 Å².